The van der Waals surface area contributed by atoms with Crippen LogP contribution in [0.1, 0.15) is 0 Å². The van der Waals surface area contributed by atoms with Gasteiger partial charge in [0.2, 0.25) is 5.88 Å². The van der Waals surface area contributed by atoms with Gasteiger partial charge in [0.05, 0.1) is 0 Å². The van der Waals surface area contributed by atoms with Crippen molar-refractivity contribution < 1.29 is 4.92 Å². The Labute approximate surface area is 39.9 Å². The van der Waals surface area contributed by atoms with E-state index in [-0.39, 0.29) is 10.8 Å². The predicted molar refractivity (Wildman–Crippen MR) is 25.4 cm³/mol. The lowest BCUT2D eigenvalue weighted by atomic mass is 11.5. The zero-order valence-corrected chi connectivity index (χ0v) is 4.20. The Morgan fingerprint density at radius 3 is 2.50 bits per heavy atom. The first-order valence-electron chi connectivity index (χ1n) is 1.38. The van der Waals surface area contributed by atoms with E-state index in [9.17, 15) is 10.1 Å². The number of nitro groups is 1. The van der Waals surface area contributed by atoms with Gasteiger partial charge >= 0.3 is 0 Å². The molecule has 6 heavy (non-hydrogen) atoms. The van der Waals surface area contributed by atoms with E-state index in [1.54, 1.807) is 6.26 Å². The molecule has 0 amide bonds. The zero-order chi connectivity index (χ0) is 4.99. The van der Waals surface area contributed by atoms with Gasteiger partial charge in [0.25, 0.3) is 0 Å². The van der Waals surface area contributed by atoms with Crippen LogP contribution in [0.2, 0.25) is 0 Å². The molecule has 0 saturated heterocycles. The summed E-state index contributed by atoms with van der Waals surface area (Å²) in [5.74, 6) is 0.0139. The van der Waals surface area contributed by atoms with Gasteiger partial charge in [-0.3, -0.25) is 10.1 Å². The smallest absolute Gasteiger partial charge is 0.248 e. The van der Waals surface area contributed by atoms with Gasteiger partial charge in [-0.25, -0.2) is 0 Å². The van der Waals surface area contributed by atoms with Crippen LogP contribution >= 0.6 is 11.8 Å². The molecule has 0 heterocycles. The monoisotopic (exact) mass is 107 g/mol. The molecule has 0 aliphatic heterocycles. The largest absolute Gasteiger partial charge is 0.264 e. The summed E-state index contributed by atoms with van der Waals surface area (Å²) in [7, 11) is 0. The second-order valence-electron chi connectivity index (χ2n) is 0.751. The van der Waals surface area contributed by atoms with Gasteiger partial charge < -0.3 is 0 Å². The number of rotatable bonds is 2. The van der Waals surface area contributed by atoms with E-state index in [1.165, 1.54) is 11.8 Å². The molecule has 4 heteroatoms. The Morgan fingerprint density at radius 2 is 2.50 bits per heavy atom. The van der Waals surface area contributed by atoms with Crippen molar-refractivity contribution in [1.82, 2.24) is 0 Å². The van der Waals surface area contributed by atoms with Crippen molar-refractivity contribution in [3.8, 4) is 0 Å². The highest BCUT2D eigenvalue weighted by molar-refractivity contribution is 7.98. The van der Waals surface area contributed by atoms with E-state index in [4.69, 9.17) is 0 Å². The van der Waals surface area contributed by atoms with Gasteiger partial charge in [-0.1, -0.05) is 11.8 Å². The SMILES string of the molecule is CSC[N+](=O)[O-]. The molecule has 0 bridgehead atoms. The third-order valence-electron chi connectivity index (χ3n) is 0.235. The Kier molecular flexibility index (Phi) is 2.84. The van der Waals surface area contributed by atoms with Crippen molar-refractivity contribution in [2.45, 2.75) is 0 Å². The van der Waals surface area contributed by atoms with Crippen molar-refractivity contribution in [1.29, 1.82) is 0 Å². The van der Waals surface area contributed by atoms with Crippen LogP contribution in [0, 0.1) is 10.1 Å². The van der Waals surface area contributed by atoms with Gasteiger partial charge in [-0.15, -0.1) is 0 Å². The first kappa shape index (κ1) is 5.75. The van der Waals surface area contributed by atoms with E-state index < -0.39 is 0 Å². The molecule has 0 aromatic heterocycles. The molecular formula is C2H5NO2S. The standard InChI is InChI=1S/C2H5NO2S/c1-6-2-3(4)5/h2H2,1H3. The van der Waals surface area contributed by atoms with Crippen molar-refractivity contribution >= 4 is 11.8 Å². The second-order valence-corrected chi connectivity index (χ2v) is 1.59. The van der Waals surface area contributed by atoms with Crippen LogP contribution in [0.3, 0.4) is 0 Å². The summed E-state index contributed by atoms with van der Waals surface area (Å²) in [6.07, 6.45) is 1.70. The van der Waals surface area contributed by atoms with Crippen LogP contribution < -0.4 is 0 Å². The van der Waals surface area contributed by atoms with Gasteiger partial charge in [-0.2, -0.15) is 0 Å². The van der Waals surface area contributed by atoms with Gasteiger partial charge in [-0.05, 0) is 6.26 Å². The third-order valence-corrected chi connectivity index (χ3v) is 0.704. The molecule has 0 aromatic carbocycles. The molecule has 0 N–H and O–H groups in total. The minimum absolute atomic E-state index is 0.0139. The fourth-order valence-corrected chi connectivity index (χ4v) is 0.316. The Hall–Kier alpha value is -0.250. The number of nitrogens with zero attached hydrogens (tertiary/aromatic N) is 1. The summed E-state index contributed by atoms with van der Waals surface area (Å²) in [5, 5.41) is 9.38. The normalized spacial score (nSPS) is 8.17. The quantitative estimate of drug-likeness (QED) is 0.294. The highest BCUT2D eigenvalue weighted by Gasteiger charge is 1.86. The van der Waals surface area contributed by atoms with Crippen molar-refractivity contribution in [3.05, 3.63) is 10.1 Å². The first-order valence-corrected chi connectivity index (χ1v) is 2.77. The molecule has 0 spiro atoms. The van der Waals surface area contributed by atoms with E-state index in [1.807, 2.05) is 0 Å². The summed E-state index contributed by atoms with van der Waals surface area (Å²) in [4.78, 5) is 9.03. The molecule has 3 nitrogen and oxygen atoms in total. The van der Waals surface area contributed by atoms with Gasteiger partial charge in [0.1, 0.15) is 0 Å². The fraction of sp³-hybridized carbons (Fsp3) is 1.00. The molecule has 0 rings (SSSR count). The predicted octanol–water partition coefficient (Wildman–Crippen LogP) is 0.584. The maximum Gasteiger partial charge on any atom is 0.248 e. The molecule has 0 atom stereocenters. The minimum atomic E-state index is -0.356. The number of thioether (sulfide) groups is 1. The lowest BCUT2D eigenvalue weighted by Crippen LogP contribution is -1.92. The Morgan fingerprint density at radius 1 is 2.00 bits per heavy atom. The van der Waals surface area contributed by atoms with Crippen LogP contribution in [-0.4, -0.2) is 17.1 Å². The van der Waals surface area contributed by atoms with E-state index in [2.05, 4.69) is 0 Å². The van der Waals surface area contributed by atoms with Crippen LogP contribution in [-0.2, 0) is 0 Å². The maximum atomic E-state index is 9.38. The maximum absolute atomic E-state index is 9.38. The molecular weight excluding hydrogens is 102 g/mol. The minimum Gasteiger partial charge on any atom is -0.264 e. The summed E-state index contributed by atoms with van der Waals surface area (Å²) < 4.78 is 0. The molecule has 0 aromatic rings. The average Bonchev–Trinajstić information content (AvgIpc) is 1.35. The summed E-state index contributed by atoms with van der Waals surface area (Å²) in [6, 6.07) is 0. The van der Waals surface area contributed by atoms with Gasteiger partial charge in [0.15, 0.2) is 0 Å². The highest BCUT2D eigenvalue weighted by Crippen LogP contribution is 1.87. The summed E-state index contributed by atoms with van der Waals surface area (Å²) in [5.41, 5.74) is 0. The third kappa shape index (κ3) is 3.75. The van der Waals surface area contributed by atoms with E-state index in [0.29, 0.717) is 0 Å². The number of hydrogen-bond donors (Lipinski definition) is 0. The van der Waals surface area contributed by atoms with E-state index in [0.717, 1.165) is 0 Å². The molecule has 0 unspecified atom stereocenters. The van der Waals surface area contributed by atoms with E-state index >= 15 is 0 Å². The second kappa shape index (κ2) is 2.96. The van der Waals surface area contributed by atoms with Gasteiger partial charge in [0, 0.05) is 4.92 Å². The zero-order valence-electron chi connectivity index (χ0n) is 3.38. The van der Waals surface area contributed by atoms with Crippen LogP contribution in [0.5, 0.6) is 0 Å². The Balaban J connectivity index is 2.83. The average molecular weight is 107 g/mol. The van der Waals surface area contributed by atoms with Crippen molar-refractivity contribution in [2.75, 3.05) is 12.1 Å². The molecule has 36 valence electrons. The lowest BCUT2D eigenvalue weighted by Gasteiger charge is -1.80. The summed E-state index contributed by atoms with van der Waals surface area (Å²) in [6.45, 7) is 0. The summed E-state index contributed by atoms with van der Waals surface area (Å²) >= 11 is 1.21. The molecule has 0 saturated carbocycles. The topological polar surface area (TPSA) is 43.1 Å². The lowest BCUT2D eigenvalue weighted by molar-refractivity contribution is -0.456. The van der Waals surface area contributed by atoms with Crippen LogP contribution in [0.4, 0.5) is 0 Å². The molecule has 0 aliphatic carbocycles. The Bertz CT molecular complexity index is 55.5. The molecule has 0 radical (unpaired) electrons. The van der Waals surface area contributed by atoms with Crippen molar-refractivity contribution in [3.63, 3.8) is 0 Å². The first-order chi connectivity index (χ1) is 2.77. The van der Waals surface area contributed by atoms with Crippen LogP contribution in [0.25, 0.3) is 0 Å². The number of hydrogen-bond acceptors (Lipinski definition) is 3. The van der Waals surface area contributed by atoms with Crippen LogP contribution in [0.15, 0.2) is 0 Å². The molecule has 0 aliphatic rings. The van der Waals surface area contributed by atoms with Crippen molar-refractivity contribution in [2.24, 2.45) is 0 Å². The highest BCUT2D eigenvalue weighted by atomic mass is 32.2. The molecule has 0 fully saturated rings. The fourth-order valence-electron chi connectivity index (χ4n) is 0.105.